The van der Waals surface area contributed by atoms with Crippen LogP contribution in [0, 0.1) is 5.92 Å². The van der Waals surface area contributed by atoms with Crippen LogP contribution in [0.25, 0.3) is 0 Å². The molecular formula is C14H19N3O2. The standard InChI is InChI=1S/C14H19N3O2/c1-15-8-10-6-7-17(12(10)9-15)14(19)11-4-3-5-13(18)16(11)2/h3-5,10,12H,6-9H2,1-2H3/t10-,12+/m0/s1. The molecule has 2 atom stereocenters. The fourth-order valence-corrected chi connectivity index (χ4v) is 3.35. The van der Waals surface area contributed by atoms with E-state index in [0.717, 1.165) is 26.1 Å². The van der Waals surface area contributed by atoms with Gasteiger partial charge in [0.2, 0.25) is 0 Å². The third-order valence-electron chi connectivity index (χ3n) is 4.40. The van der Waals surface area contributed by atoms with Crippen molar-refractivity contribution >= 4 is 5.91 Å². The van der Waals surface area contributed by atoms with E-state index in [1.807, 2.05) is 4.90 Å². The van der Waals surface area contributed by atoms with Crippen molar-refractivity contribution < 1.29 is 4.79 Å². The van der Waals surface area contributed by atoms with Gasteiger partial charge in [-0.3, -0.25) is 9.59 Å². The van der Waals surface area contributed by atoms with E-state index in [1.54, 1.807) is 19.2 Å². The molecule has 0 bridgehead atoms. The molecule has 0 radical (unpaired) electrons. The molecule has 5 nitrogen and oxygen atoms in total. The lowest BCUT2D eigenvalue weighted by Crippen LogP contribution is -2.41. The molecule has 5 heteroatoms. The van der Waals surface area contributed by atoms with Crippen LogP contribution in [0.15, 0.2) is 23.0 Å². The Morgan fingerprint density at radius 3 is 2.84 bits per heavy atom. The van der Waals surface area contributed by atoms with Gasteiger partial charge in [-0.2, -0.15) is 0 Å². The Kier molecular flexibility index (Phi) is 2.93. The summed E-state index contributed by atoms with van der Waals surface area (Å²) in [4.78, 5) is 28.5. The van der Waals surface area contributed by atoms with E-state index < -0.39 is 0 Å². The average molecular weight is 261 g/mol. The van der Waals surface area contributed by atoms with Crippen LogP contribution >= 0.6 is 0 Å². The molecule has 0 aliphatic carbocycles. The normalized spacial score (nSPS) is 26.7. The summed E-state index contributed by atoms with van der Waals surface area (Å²) in [6.07, 6.45) is 1.07. The Labute approximate surface area is 112 Å². The lowest BCUT2D eigenvalue weighted by Gasteiger charge is -2.25. The van der Waals surface area contributed by atoms with Gasteiger partial charge < -0.3 is 14.4 Å². The highest BCUT2D eigenvalue weighted by atomic mass is 16.2. The number of amides is 1. The number of carbonyl (C=O) groups is 1. The van der Waals surface area contributed by atoms with Crippen LogP contribution in [0.2, 0.25) is 0 Å². The molecular weight excluding hydrogens is 242 g/mol. The number of hydrogen-bond donors (Lipinski definition) is 0. The summed E-state index contributed by atoms with van der Waals surface area (Å²) in [6.45, 7) is 2.82. The van der Waals surface area contributed by atoms with E-state index >= 15 is 0 Å². The first-order valence-electron chi connectivity index (χ1n) is 6.73. The maximum atomic E-state index is 12.6. The molecule has 3 rings (SSSR count). The van der Waals surface area contributed by atoms with E-state index in [0.29, 0.717) is 17.7 Å². The number of likely N-dealkylation sites (tertiary alicyclic amines) is 2. The smallest absolute Gasteiger partial charge is 0.270 e. The molecule has 1 aromatic heterocycles. The molecule has 2 saturated heterocycles. The van der Waals surface area contributed by atoms with Gasteiger partial charge in [0.05, 0.1) is 0 Å². The Bertz CT molecular complexity index is 566. The van der Waals surface area contributed by atoms with Gasteiger partial charge in [-0.25, -0.2) is 0 Å². The van der Waals surface area contributed by atoms with Gasteiger partial charge >= 0.3 is 0 Å². The van der Waals surface area contributed by atoms with Crippen molar-refractivity contribution in [3.8, 4) is 0 Å². The van der Waals surface area contributed by atoms with Crippen LogP contribution in [-0.4, -0.2) is 53.0 Å². The third kappa shape index (κ3) is 1.98. The van der Waals surface area contributed by atoms with Gasteiger partial charge in [0.15, 0.2) is 0 Å². The lowest BCUT2D eigenvalue weighted by atomic mass is 10.1. The summed E-state index contributed by atoms with van der Waals surface area (Å²) in [5.41, 5.74) is 0.354. The molecule has 0 saturated carbocycles. The number of pyridine rings is 1. The molecule has 2 aliphatic heterocycles. The van der Waals surface area contributed by atoms with Crippen molar-refractivity contribution in [2.45, 2.75) is 12.5 Å². The number of likely N-dealkylation sites (N-methyl/N-ethyl adjacent to an activating group) is 1. The van der Waals surface area contributed by atoms with E-state index in [2.05, 4.69) is 11.9 Å². The summed E-state index contributed by atoms with van der Waals surface area (Å²) >= 11 is 0. The largest absolute Gasteiger partial charge is 0.333 e. The molecule has 3 heterocycles. The van der Waals surface area contributed by atoms with E-state index in [4.69, 9.17) is 0 Å². The first-order chi connectivity index (χ1) is 9.08. The molecule has 0 N–H and O–H groups in total. The van der Waals surface area contributed by atoms with Crippen molar-refractivity contribution in [1.82, 2.24) is 14.4 Å². The van der Waals surface area contributed by atoms with Gasteiger partial charge in [0.1, 0.15) is 5.69 Å². The molecule has 1 aromatic rings. The Hall–Kier alpha value is -1.62. The number of aromatic nitrogens is 1. The van der Waals surface area contributed by atoms with Crippen LogP contribution in [0.5, 0.6) is 0 Å². The average Bonchev–Trinajstić information content (AvgIpc) is 2.90. The monoisotopic (exact) mass is 261 g/mol. The number of rotatable bonds is 1. The minimum absolute atomic E-state index is 0.0111. The predicted octanol–water partition coefficient (Wildman–Crippen LogP) is 0.161. The maximum absolute atomic E-state index is 12.6. The zero-order valence-corrected chi connectivity index (χ0v) is 11.4. The first kappa shape index (κ1) is 12.4. The fraction of sp³-hybridized carbons (Fsp3) is 0.571. The Morgan fingerprint density at radius 1 is 1.26 bits per heavy atom. The van der Waals surface area contributed by atoms with Gasteiger partial charge in [-0.05, 0) is 25.5 Å². The molecule has 0 aromatic carbocycles. The third-order valence-corrected chi connectivity index (χ3v) is 4.40. The highest BCUT2D eigenvalue weighted by Gasteiger charge is 2.42. The van der Waals surface area contributed by atoms with Crippen molar-refractivity contribution in [3.63, 3.8) is 0 Å². The molecule has 102 valence electrons. The summed E-state index contributed by atoms with van der Waals surface area (Å²) in [7, 11) is 3.75. The van der Waals surface area contributed by atoms with E-state index in [-0.39, 0.29) is 11.5 Å². The van der Waals surface area contributed by atoms with Crippen molar-refractivity contribution in [2.24, 2.45) is 13.0 Å². The minimum Gasteiger partial charge on any atom is -0.333 e. The zero-order valence-electron chi connectivity index (χ0n) is 11.4. The van der Waals surface area contributed by atoms with Crippen molar-refractivity contribution in [3.05, 3.63) is 34.2 Å². The molecule has 2 fully saturated rings. The Morgan fingerprint density at radius 2 is 2.05 bits per heavy atom. The van der Waals surface area contributed by atoms with Crippen LogP contribution in [-0.2, 0) is 7.05 Å². The van der Waals surface area contributed by atoms with Gasteiger partial charge in [-0.1, -0.05) is 6.07 Å². The lowest BCUT2D eigenvalue weighted by molar-refractivity contribution is 0.0718. The molecule has 0 spiro atoms. The zero-order chi connectivity index (χ0) is 13.6. The second-order valence-electron chi connectivity index (χ2n) is 5.64. The maximum Gasteiger partial charge on any atom is 0.270 e. The number of fused-ring (bicyclic) bond motifs is 1. The summed E-state index contributed by atoms with van der Waals surface area (Å²) < 4.78 is 1.44. The van der Waals surface area contributed by atoms with Crippen molar-refractivity contribution in [2.75, 3.05) is 26.7 Å². The highest BCUT2D eigenvalue weighted by molar-refractivity contribution is 5.93. The topological polar surface area (TPSA) is 45.6 Å². The molecule has 0 unspecified atom stereocenters. The first-order valence-corrected chi connectivity index (χ1v) is 6.73. The quantitative estimate of drug-likeness (QED) is 0.723. The van der Waals surface area contributed by atoms with Crippen LogP contribution in [0.3, 0.4) is 0 Å². The molecule has 2 aliphatic rings. The number of hydrogen-bond acceptors (Lipinski definition) is 3. The predicted molar refractivity (Wildman–Crippen MR) is 72.1 cm³/mol. The second kappa shape index (κ2) is 4.49. The van der Waals surface area contributed by atoms with E-state index in [9.17, 15) is 9.59 Å². The second-order valence-corrected chi connectivity index (χ2v) is 5.64. The highest BCUT2D eigenvalue weighted by Crippen LogP contribution is 2.31. The fourth-order valence-electron chi connectivity index (χ4n) is 3.35. The summed E-state index contributed by atoms with van der Waals surface area (Å²) in [5, 5.41) is 0. The van der Waals surface area contributed by atoms with Gasteiger partial charge in [0.25, 0.3) is 11.5 Å². The van der Waals surface area contributed by atoms with Gasteiger partial charge in [-0.15, -0.1) is 0 Å². The summed E-state index contributed by atoms with van der Waals surface area (Å²) in [6, 6.07) is 5.18. The van der Waals surface area contributed by atoms with Crippen molar-refractivity contribution in [1.29, 1.82) is 0 Å². The van der Waals surface area contributed by atoms with Crippen LogP contribution in [0.1, 0.15) is 16.9 Å². The SMILES string of the molecule is CN1C[C@@H]2CCN(C(=O)c3cccc(=O)n3C)[C@@H]2C1. The number of nitrogens with zero attached hydrogens (tertiary/aromatic N) is 3. The van der Waals surface area contributed by atoms with Crippen LogP contribution < -0.4 is 5.56 Å². The minimum atomic E-state index is -0.134. The van der Waals surface area contributed by atoms with E-state index in [1.165, 1.54) is 10.6 Å². The summed E-state index contributed by atoms with van der Waals surface area (Å²) in [5.74, 6) is 0.581. The number of carbonyl (C=O) groups excluding carboxylic acids is 1. The molecule has 19 heavy (non-hydrogen) atoms. The van der Waals surface area contributed by atoms with Gasteiger partial charge in [0, 0.05) is 38.8 Å². The Balaban J connectivity index is 1.89. The van der Waals surface area contributed by atoms with Crippen LogP contribution in [0.4, 0.5) is 0 Å². The molecule has 1 amide bonds.